The Balaban J connectivity index is 2.50. The van der Waals surface area contributed by atoms with Crippen LogP contribution in [-0.2, 0) is 0 Å². The molecule has 3 heteroatoms. The molecule has 0 atom stereocenters. The second-order valence-electron chi connectivity index (χ2n) is 2.60. The fraction of sp³-hybridized carbons (Fsp3) is 0.857. The standard InChI is InChI=1S/C7H13NO2/c9-6-4-7-3-1-2-5-8(7)10/h9H,1-6H2. The van der Waals surface area contributed by atoms with Gasteiger partial charge in [0, 0.05) is 12.8 Å². The average molecular weight is 143 g/mol. The van der Waals surface area contributed by atoms with E-state index >= 15 is 0 Å². The largest absolute Gasteiger partial charge is 0.624 e. The van der Waals surface area contributed by atoms with Crippen molar-refractivity contribution in [1.82, 2.24) is 0 Å². The van der Waals surface area contributed by atoms with Gasteiger partial charge in [-0.3, -0.25) is 0 Å². The summed E-state index contributed by atoms with van der Waals surface area (Å²) >= 11 is 0. The Morgan fingerprint density at radius 1 is 1.50 bits per heavy atom. The molecule has 0 aliphatic carbocycles. The number of hydrogen-bond donors (Lipinski definition) is 1. The summed E-state index contributed by atoms with van der Waals surface area (Å²) in [5, 5.41) is 19.5. The lowest BCUT2D eigenvalue weighted by Crippen LogP contribution is -2.22. The third-order valence-corrected chi connectivity index (χ3v) is 1.83. The molecule has 0 aromatic carbocycles. The highest BCUT2D eigenvalue weighted by Gasteiger charge is 2.13. The second kappa shape index (κ2) is 3.56. The zero-order chi connectivity index (χ0) is 7.40. The fourth-order valence-corrected chi connectivity index (χ4v) is 1.25. The number of rotatable bonds is 2. The summed E-state index contributed by atoms with van der Waals surface area (Å²) in [6.07, 6.45) is 3.54. The third kappa shape index (κ3) is 1.70. The zero-order valence-electron chi connectivity index (χ0n) is 6.05. The molecule has 0 bridgehead atoms. The van der Waals surface area contributed by atoms with Crippen LogP contribution >= 0.6 is 0 Å². The van der Waals surface area contributed by atoms with Crippen LogP contribution in [0.4, 0.5) is 0 Å². The van der Waals surface area contributed by atoms with Gasteiger partial charge in [-0.05, 0) is 6.42 Å². The molecule has 0 saturated heterocycles. The summed E-state index contributed by atoms with van der Waals surface area (Å²) in [6, 6.07) is 0. The highest BCUT2D eigenvalue weighted by atomic mass is 16.5. The van der Waals surface area contributed by atoms with Gasteiger partial charge in [0.15, 0.2) is 12.3 Å². The van der Waals surface area contributed by atoms with E-state index in [-0.39, 0.29) is 6.61 Å². The average Bonchev–Trinajstić information content (AvgIpc) is 1.94. The van der Waals surface area contributed by atoms with E-state index in [1.165, 1.54) is 0 Å². The van der Waals surface area contributed by atoms with Crippen molar-refractivity contribution in [2.24, 2.45) is 0 Å². The molecule has 0 aromatic heterocycles. The number of hydroxylamine groups is 1. The minimum Gasteiger partial charge on any atom is -0.624 e. The number of hydrogen-bond acceptors (Lipinski definition) is 2. The lowest BCUT2D eigenvalue weighted by atomic mass is 10.1. The minimum atomic E-state index is 0.105. The Morgan fingerprint density at radius 2 is 2.30 bits per heavy atom. The molecule has 0 unspecified atom stereocenters. The first-order valence-electron chi connectivity index (χ1n) is 3.75. The van der Waals surface area contributed by atoms with Gasteiger partial charge >= 0.3 is 0 Å². The Hall–Kier alpha value is -0.570. The lowest BCUT2D eigenvalue weighted by molar-refractivity contribution is -0.465. The van der Waals surface area contributed by atoms with Crippen LogP contribution in [0.1, 0.15) is 25.7 Å². The van der Waals surface area contributed by atoms with Gasteiger partial charge in [-0.1, -0.05) is 0 Å². The molecule has 1 aliphatic rings. The zero-order valence-corrected chi connectivity index (χ0v) is 6.05. The first-order valence-corrected chi connectivity index (χ1v) is 3.75. The molecule has 3 nitrogen and oxygen atoms in total. The van der Waals surface area contributed by atoms with Gasteiger partial charge in [0.25, 0.3) is 0 Å². The van der Waals surface area contributed by atoms with Gasteiger partial charge < -0.3 is 10.3 Å². The molecule has 1 rings (SSSR count). The summed E-state index contributed by atoms with van der Waals surface area (Å²) in [5.74, 6) is 0. The smallest absolute Gasteiger partial charge is 0.165 e. The molecule has 0 aromatic rings. The molecule has 58 valence electrons. The van der Waals surface area contributed by atoms with Gasteiger partial charge in [0.2, 0.25) is 0 Å². The molecule has 1 aliphatic heterocycles. The van der Waals surface area contributed by atoms with Gasteiger partial charge in [0.05, 0.1) is 13.0 Å². The molecule has 10 heavy (non-hydrogen) atoms. The topological polar surface area (TPSA) is 46.3 Å². The molecular weight excluding hydrogens is 130 g/mol. The molecule has 0 fully saturated rings. The van der Waals surface area contributed by atoms with E-state index in [0.717, 1.165) is 29.7 Å². The minimum absolute atomic E-state index is 0.105. The summed E-state index contributed by atoms with van der Waals surface area (Å²) in [7, 11) is 0. The Bertz CT molecular complexity index is 143. The van der Waals surface area contributed by atoms with Gasteiger partial charge in [-0.2, -0.15) is 0 Å². The van der Waals surface area contributed by atoms with E-state index in [1.807, 2.05) is 0 Å². The van der Waals surface area contributed by atoms with Crippen molar-refractivity contribution in [3.8, 4) is 0 Å². The maximum atomic E-state index is 11.0. The van der Waals surface area contributed by atoms with E-state index in [9.17, 15) is 5.21 Å². The first kappa shape index (κ1) is 7.54. The number of aliphatic hydroxyl groups is 1. The van der Waals surface area contributed by atoms with Crippen LogP contribution in [0.3, 0.4) is 0 Å². The third-order valence-electron chi connectivity index (χ3n) is 1.83. The summed E-state index contributed by atoms with van der Waals surface area (Å²) in [5.41, 5.74) is 0.869. The normalized spacial score (nSPS) is 19.7. The van der Waals surface area contributed by atoms with Crippen molar-refractivity contribution >= 4 is 5.71 Å². The predicted octanol–water partition coefficient (Wildman–Crippen LogP) is 0.504. The van der Waals surface area contributed by atoms with Crippen molar-refractivity contribution in [1.29, 1.82) is 0 Å². The lowest BCUT2D eigenvalue weighted by Gasteiger charge is -2.14. The van der Waals surface area contributed by atoms with Crippen LogP contribution in [0.15, 0.2) is 0 Å². The monoisotopic (exact) mass is 143 g/mol. The SMILES string of the molecule is [O-][N+]1=C(CCO)CCCC1. The van der Waals surface area contributed by atoms with Crippen LogP contribution in [0.25, 0.3) is 0 Å². The van der Waals surface area contributed by atoms with Crippen molar-refractivity contribution < 1.29 is 9.85 Å². The van der Waals surface area contributed by atoms with Crippen molar-refractivity contribution in [2.75, 3.05) is 13.2 Å². The molecule has 0 amide bonds. The van der Waals surface area contributed by atoms with Gasteiger partial charge in [-0.25, -0.2) is 4.74 Å². The maximum absolute atomic E-state index is 11.0. The fourth-order valence-electron chi connectivity index (χ4n) is 1.25. The van der Waals surface area contributed by atoms with Crippen LogP contribution in [0, 0.1) is 5.21 Å². The van der Waals surface area contributed by atoms with Crippen molar-refractivity contribution in [2.45, 2.75) is 25.7 Å². The summed E-state index contributed by atoms with van der Waals surface area (Å²) in [4.78, 5) is 0. The quantitative estimate of drug-likeness (QED) is 0.452. The van der Waals surface area contributed by atoms with Crippen LogP contribution in [0.5, 0.6) is 0 Å². The van der Waals surface area contributed by atoms with Crippen LogP contribution in [-0.4, -0.2) is 28.7 Å². The van der Waals surface area contributed by atoms with Crippen molar-refractivity contribution in [3.05, 3.63) is 5.21 Å². The molecule has 0 radical (unpaired) electrons. The summed E-state index contributed by atoms with van der Waals surface area (Å²) < 4.78 is 1.03. The Kier molecular flexibility index (Phi) is 2.68. The highest BCUT2D eigenvalue weighted by molar-refractivity contribution is 5.80. The van der Waals surface area contributed by atoms with E-state index < -0.39 is 0 Å². The molecule has 1 heterocycles. The van der Waals surface area contributed by atoms with Crippen LogP contribution < -0.4 is 0 Å². The van der Waals surface area contributed by atoms with E-state index in [4.69, 9.17) is 5.11 Å². The molecule has 1 N–H and O–H groups in total. The van der Waals surface area contributed by atoms with Crippen LogP contribution in [0.2, 0.25) is 0 Å². The molecule has 0 spiro atoms. The number of nitrogens with zero attached hydrogens (tertiary/aromatic N) is 1. The first-order chi connectivity index (χ1) is 4.84. The molecular formula is C7H13NO2. The summed E-state index contributed by atoms with van der Waals surface area (Å²) in [6.45, 7) is 0.726. The highest BCUT2D eigenvalue weighted by Crippen LogP contribution is 2.07. The van der Waals surface area contributed by atoms with Crippen molar-refractivity contribution in [3.63, 3.8) is 0 Å². The van der Waals surface area contributed by atoms with E-state index in [1.54, 1.807) is 0 Å². The van der Waals surface area contributed by atoms with Gasteiger partial charge in [-0.15, -0.1) is 0 Å². The maximum Gasteiger partial charge on any atom is 0.165 e. The Morgan fingerprint density at radius 3 is 2.90 bits per heavy atom. The predicted molar refractivity (Wildman–Crippen MR) is 39.1 cm³/mol. The number of aliphatic hydroxyl groups excluding tert-OH is 1. The van der Waals surface area contributed by atoms with E-state index in [2.05, 4.69) is 0 Å². The Labute approximate surface area is 60.6 Å². The second-order valence-corrected chi connectivity index (χ2v) is 2.60. The molecule has 0 saturated carbocycles. The van der Waals surface area contributed by atoms with E-state index in [0.29, 0.717) is 13.0 Å². The van der Waals surface area contributed by atoms with Gasteiger partial charge in [0.1, 0.15) is 0 Å².